The Hall–Kier alpha value is -1.04. The third-order valence-corrected chi connectivity index (χ3v) is 4.93. The minimum Gasteiger partial charge on any atom is -0.395 e. The Labute approximate surface area is 124 Å². The number of hydrogen-bond acceptors (Lipinski definition) is 4. The van der Waals surface area contributed by atoms with Crippen LogP contribution in [-0.4, -0.2) is 38.8 Å². The van der Waals surface area contributed by atoms with Crippen LogP contribution in [-0.2, 0) is 7.05 Å². The molecule has 0 fully saturated rings. The lowest BCUT2D eigenvalue weighted by Crippen LogP contribution is -2.39. The predicted molar refractivity (Wildman–Crippen MR) is 86.1 cm³/mol. The summed E-state index contributed by atoms with van der Waals surface area (Å²) < 4.78 is 2.13. The van der Waals surface area contributed by atoms with Gasteiger partial charge < -0.3 is 15.0 Å². The second kappa shape index (κ2) is 6.61. The topological polar surface area (TPSA) is 50.1 Å². The molecule has 4 nitrogen and oxygen atoms in total. The van der Waals surface area contributed by atoms with Crippen LogP contribution >= 0.6 is 11.8 Å². The van der Waals surface area contributed by atoms with Gasteiger partial charge in [0.05, 0.1) is 23.7 Å². The van der Waals surface area contributed by atoms with E-state index in [1.54, 1.807) is 11.8 Å². The number of nitrogens with zero attached hydrogens (tertiary/aromatic N) is 2. The average Bonchev–Trinajstić information content (AvgIpc) is 2.78. The van der Waals surface area contributed by atoms with Crippen molar-refractivity contribution in [1.82, 2.24) is 14.9 Å². The number of imidazole rings is 1. The van der Waals surface area contributed by atoms with Crippen molar-refractivity contribution in [3.63, 3.8) is 0 Å². The first-order valence-electron chi connectivity index (χ1n) is 6.89. The molecule has 3 unspecified atom stereocenters. The quantitative estimate of drug-likeness (QED) is 0.858. The Balaban J connectivity index is 2.19. The standard InChI is InChI=1S/C15H23N3OS/c1-10(14(9-19)20-4)16-11(2)15-17-12-7-5-6-8-13(12)18(15)3/h5-8,10-11,14,16,19H,9H2,1-4H3. The van der Waals surface area contributed by atoms with Crippen molar-refractivity contribution < 1.29 is 5.11 Å². The zero-order valence-corrected chi connectivity index (χ0v) is 13.3. The number of aliphatic hydroxyl groups excluding tert-OH is 1. The van der Waals surface area contributed by atoms with Crippen molar-refractivity contribution >= 4 is 22.8 Å². The molecule has 0 bridgehead atoms. The number of fused-ring (bicyclic) bond motifs is 1. The fraction of sp³-hybridized carbons (Fsp3) is 0.533. The van der Waals surface area contributed by atoms with Crippen molar-refractivity contribution in [3.05, 3.63) is 30.1 Å². The summed E-state index contributed by atoms with van der Waals surface area (Å²) in [6.07, 6.45) is 2.03. The molecule has 3 atom stereocenters. The Morgan fingerprint density at radius 1 is 1.35 bits per heavy atom. The molecule has 20 heavy (non-hydrogen) atoms. The molecule has 0 saturated carbocycles. The Morgan fingerprint density at radius 2 is 2.05 bits per heavy atom. The molecule has 1 aromatic heterocycles. The van der Waals surface area contributed by atoms with E-state index in [2.05, 4.69) is 29.8 Å². The Bertz CT molecular complexity index is 565. The smallest absolute Gasteiger partial charge is 0.126 e. The fourth-order valence-corrected chi connectivity index (χ4v) is 3.20. The number of nitrogens with one attached hydrogen (secondary N) is 1. The lowest BCUT2D eigenvalue weighted by Gasteiger charge is -2.25. The normalized spacial score (nSPS) is 16.2. The Morgan fingerprint density at radius 3 is 2.65 bits per heavy atom. The molecule has 0 saturated heterocycles. The van der Waals surface area contributed by atoms with Gasteiger partial charge in [-0.05, 0) is 32.2 Å². The van der Waals surface area contributed by atoms with Gasteiger partial charge in [-0.25, -0.2) is 4.98 Å². The monoisotopic (exact) mass is 293 g/mol. The summed E-state index contributed by atoms with van der Waals surface area (Å²) >= 11 is 1.68. The molecule has 0 aliphatic carbocycles. The van der Waals surface area contributed by atoms with Crippen LogP contribution in [0.4, 0.5) is 0 Å². The van der Waals surface area contributed by atoms with Gasteiger partial charge in [0, 0.05) is 18.3 Å². The SMILES string of the molecule is CSC(CO)C(C)NC(C)c1nc2ccccc2n1C. The summed E-state index contributed by atoms with van der Waals surface area (Å²) in [6.45, 7) is 4.41. The summed E-state index contributed by atoms with van der Waals surface area (Å²) in [4.78, 5) is 4.71. The molecular formula is C15H23N3OS. The molecule has 110 valence electrons. The van der Waals surface area contributed by atoms with E-state index >= 15 is 0 Å². The zero-order valence-electron chi connectivity index (χ0n) is 12.5. The van der Waals surface area contributed by atoms with Crippen molar-refractivity contribution in [1.29, 1.82) is 0 Å². The number of rotatable bonds is 6. The van der Waals surface area contributed by atoms with Crippen LogP contribution in [0, 0.1) is 0 Å². The largest absolute Gasteiger partial charge is 0.395 e. The van der Waals surface area contributed by atoms with Crippen LogP contribution in [0.15, 0.2) is 24.3 Å². The first-order chi connectivity index (χ1) is 9.58. The maximum absolute atomic E-state index is 9.37. The van der Waals surface area contributed by atoms with E-state index in [1.165, 1.54) is 0 Å². The zero-order chi connectivity index (χ0) is 14.7. The molecule has 0 spiro atoms. The predicted octanol–water partition coefficient (Wildman–Crippen LogP) is 2.34. The average molecular weight is 293 g/mol. The Kier molecular flexibility index (Phi) is 5.07. The van der Waals surface area contributed by atoms with Crippen molar-refractivity contribution in [2.45, 2.75) is 31.2 Å². The fourth-order valence-electron chi connectivity index (χ4n) is 2.56. The molecular weight excluding hydrogens is 270 g/mol. The first-order valence-corrected chi connectivity index (χ1v) is 8.18. The van der Waals surface area contributed by atoms with Crippen molar-refractivity contribution in [2.75, 3.05) is 12.9 Å². The van der Waals surface area contributed by atoms with Crippen LogP contribution in [0.25, 0.3) is 11.0 Å². The molecule has 0 amide bonds. The molecule has 1 aromatic carbocycles. The van der Waals surface area contributed by atoms with Crippen LogP contribution in [0.3, 0.4) is 0 Å². The number of thioether (sulfide) groups is 1. The minimum absolute atomic E-state index is 0.142. The van der Waals surface area contributed by atoms with Gasteiger partial charge in [0.1, 0.15) is 5.82 Å². The highest BCUT2D eigenvalue weighted by Crippen LogP contribution is 2.21. The van der Waals surface area contributed by atoms with Gasteiger partial charge in [0.15, 0.2) is 0 Å². The van der Waals surface area contributed by atoms with Crippen LogP contribution < -0.4 is 5.32 Å². The van der Waals surface area contributed by atoms with E-state index in [-0.39, 0.29) is 23.9 Å². The van der Waals surface area contributed by atoms with E-state index in [0.717, 1.165) is 16.9 Å². The summed E-state index contributed by atoms with van der Waals surface area (Å²) in [5.41, 5.74) is 2.17. The number of para-hydroxylation sites is 2. The van der Waals surface area contributed by atoms with Crippen molar-refractivity contribution in [3.8, 4) is 0 Å². The third-order valence-electron chi connectivity index (χ3n) is 3.76. The summed E-state index contributed by atoms with van der Waals surface area (Å²) in [5, 5.41) is 13.1. The molecule has 0 aliphatic rings. The van der Waals surface area contributed by atoms with Crippen LogP contribution in [0.1, 0.15) is 25.7 Å². The summed E-state index contributed by atoms with van der Waals surface area (Å²) in [7, 11) is 2.05. The van der Waals surface area contributed by atoms with E-state index in [9.17, 15) is 5.11 Å². The lowest BCUT2D eigenvalue weighted by molar-refractivity contribution is 0.270. The molecule has 0 radical (unpaired) electrons. The first kappa shape index (κ1) is 15.4. The van der Waals surface area contributed by atoms with E-state index in [1.807, 2.05) is 31.5 Å². The second-order valence-corrected chi connectivity index (χ2v) is 6.23. The molecule has 0 aliphatic heterocycles. The van der Waals surface area contributed by atoms with Gasteiger partial charge in [-0.3, -0.25) is 0 Å². The lowest BCUT2D eigenvalue weighted by atomic mass is 10.2. The van der Waals surface area contributed by atoms with Gasteiger partial charge in [-0.15, -0.1) is 0 Å². The van der Waals surface area contributed by atoms with Gasteiger partial charge in [-0.1, -0.05) is 12.1 Å². The van der Waals surface area contributed by atoms with Gasteiger partial charge >= 0.3 is 0 Å². The van der Waals surface area contributed by atoms with Gasteiger partial charge in [-0.2, -0.15) is 11.8 Å². The summed E-state index contributed by atoms with van der Waals surface area (Å²) in [5.74, 6) is 1.02. The maximum atomic E-state index is 9.37. The van der Waals surface area contributed by atoms with Crippen LogP contribution in [0.2, 0.25) is 0 Å². The molecule has 2 aromatic rings. The van der Waals surface area contributed by atoms with E-state index < -0.39 is 0 Å². The summed E-state index contributed by atoms with van der Waals surface area (Å²) in [6, 6.07) is 8.53. The van der Waals surface area contributed by atoms with E-state index in [0.29, 0.717) is 0 Å². The number of hydrogen-bond donors (Lipinski definition) is 2. The highest BCUT2D eigenvalue weighted by Gasteiger charge is 2.20. The van der Waals surface area contributed by atoms with E-state index in [4.69, 9.17) is 4.98 Å². The highest BCUT2D eigenvalue weighted by atomic mass is 32.2. The highest BCUT2D eigenvalue weighted by molar-refractivity contribution is 7.99. The molecule has 2 N–H and O–H groups in total. The number of aromatic nitrogens is 2. The van der Waals surface area contributed by atoms with Gasteiger partial charge in [0.2, 0.25) is 0 Å². The van der Waals surface area contributed by atoms with Crippen LogP contribution in [0.5, 0.6) is 0 Å². The minimum atomic E-state index is 0.142. The molecule has 1 heterocycles. The number of aliphatic hydroxyl groups is 1. The molecule has 5 heteroatoms. The number of benzene rings is 1. The third kappa shape index (κ3) is 3.00. The maximum Gasteiger partial charge on any atom is 0.126 e. The van der Waals surface area contributed by atoms with Crippen molar-refractivity contribution in [2.24, 2.45) is 7.05 Å². The number of aryl methyl sites for hydroxylation is 1. The van der Waals surface area contributed by atoms with Gasteiger partial charge in [0.25, 0.3) is 0 Å². The molecule has 2 rings (SSSR count). The second-order valence-electron chi connectivity index (χ2n) is 5.15.